The van der Waals surface area contributed by atoms with Crippen molar-refractivity contribution in [2.45, 2.75) is 45.1 Å². The molecule has 6 nitrogen and oxygen atoms in total. The summed E-state index contributed by atoms with van der Waals surface area (Å²) in [5.74, 6) is -0.528. The summed E-state index contributed by atoms with van der Waals surface area (Å²) in [5.41, 5.74) is 5.37. The van der Waals surface area contributed by atoms with Crippen molar-refractivity contribution in [3.8, 4) is 0 Å². The van der Waals surface area contributed by atoms with Gasteiger partial charge >= 0.3 is 0 Å². The molecule has 0 saturated carbocycles. The Morgan fingerprint density at radius 2 is 1.72 bits per heavy atom. The summed E-state index contributed by atoms with van der Waals surface area (Å²) < 4.78 is 0. The molecule has 0 aromatic heterocycles. The summed E-state index contributed by atoms with van der Waals surface area (Å²) in [6.07, 6.45) is 2.46. The van der Waals surface area contributed by atoms with E-state index in [1.165, 1.54) is 14.0 Å². The Balaban J connectivity index is 4.03. The van der Waals surface area contributed by atoms with E-state index in [-0.39, 0.29) is 30.4 Å². The maximum atomic E-state index is 11.5. The monoisotopic (exact) mass is 257 g/mol. The SMILES string of the molecule is CNC(=O)CCC(=O)N[C@@H](CCCCN)C(C)=O. The molecule has 0 fully saturated rings. The number of Topliss-reactive ketones (excluding diaryl/α,β-unsaturated/α-hetero) is 1. The van der Waals surface area contributed by atoms with Gasteiger partial charge in [-0.3, -0.25) is 14.4 Å². The zero-order chi connectivity index (χ0) is 14.0. The van der Waals surface area contributed by atoms with E-state index in [0.29, 0.717) is 13.0 Å². The van der Waals surface area contributed by atoms with Gasteiger partial charge in [0.15, 0.2) is 5.78 Å². The molecule has 4 N–H and O–H groups in total. The van der Waals surface area contributed by atoms with Gasteiger partial charge in [0.1, 0.15) is 0 Å². The summed E-state index contributed by atoms with van der Waals surface area (Å²) in [7, 11) is 1.52. The molecule has 0 heterocycles. The first-order valence-electron chi connectivity index (χ1n) is 6.21. The predicted molar refractivity (Wildman–Crippen MR) is 68.8 cm³/mol. The van der Waals surface area contributed by atoms with E-state index in [1.807, 2.05) is 0 Å². The van der Waals surface area contributed by atoms with Gasteiger partial charge in [-0.15, -0.1) is 0 Å². The number of hydrogen-bond acceptors (Lipinski definition) is 4. The molecular weight excluding hydrogens is 234 g/mol. The van der Waals surface area contributed by atoms with Crippen molar-refractivity contribution in [1.29, 1.82) is 0 Å². The molecule has 0 spiro atoms. The first-order chi connectivity index (χ1) is 8.51. The van der Waals surface area contributed by atoms with Gasteiger partial charge in [-0.1, -0.05) is 0 Å². The molecule has 1 atom stereocenters. The quantitative estimate of drug-likeness (QED) is 0.494. The van der Waals surface area contributed by atoms with Gasteiger partial charge < -0.3 is 16.4 Å². The number of nitrogens with one attached hydrogen (secondary N) is 2. The minimum Gasteiger partial charge on any atom is -0.359 e. The highest BCUT2D eigenvalue weighted by atomic mass is 16.2. The summed E-state index contributed by atoms with van der Waals surface area (Å²) >= 11 is 0. The van der Waals surface area contributed by atoms with Gasteiger partial charge in [0.05, 0.1) is 6.04 Å². The molecule has 0 rings (SSSR count). The van der Waals surface area contributed by atoms with Crippen LogP contribution in [0.25, 0.3) is 0 Å². The number of carbonyl (C=O) groups excluding carboxylic acids is 3. The zero-order valence-electron chi connectivity index (χ0n) is 11.1. The van der Waals surface area contributed by atoms with E-state index in [2.05, 4.69) is 10.6 Å². The van der Waals surface area contributed by atoms with Gasteiger partial charge in [0.25, 0.3) is 0 Å². The normalized spacial score (nSPS) is 11.7. The second-order valence-corrected chi connectivity index (χ2v) is 4.19. The second kappa shape index (κ2) is 9.58. The first kappa shape index (κ1) is 16.6. The molecule has 0 aliphatic heterocycles. The summed E-state index contributed by atoms with van der Waals surface area (Å²) in [6, 6.07) is -0.464. The highest BCUT2D eigenvalue weighted by Gasteiger charge is 2.16. The van der Waals surface area contributed by atoms with Crippen molar-refractivity contribution in [3.63, 3.8) is 0 Å². The predicted octanol–water partition coefficient (Wildman–Crippen LogP) is -0.285. The Morgan fingerprint density at radius 3 is 2.22 bits per heavy atom. The lowest BCUT2D eigenvalue weighted by atomic mass is 10.1. The standard InChI is InChI=1S/C12H23N3O3/c1-9(16)10(5-3-4-8-13)15-12(18)7-6-11(17)14-2/h10H,3-8,13H2,1-2H3,(H,14,17)(H,15,18)/t10-/m0/s1. The van der Waals surface area contributed by atoms with Crippen LogP contribution in [0.5, 0.6) is 0 Å². The average molecular weight is 257 g/mol. The third-order valence-electron chi connectivity index (χ3n) is 2.63. The molecule has 2 amide bonds. The van der Waals surface area contributed by atoms with Gasteiger partial charge in [0, 0.05) is 19.9 Å². The number of nitrogens with two attached hydrogens (primary N) is 1. The van der Waals surface area contributed by atoms with E-state index in [0.717, 1.165) is 12.8 Å². The third kappa shape index (κ3) is 7.78. The molecule has 6 heteroatoms. The molecule has 0 unspecified atom stereocenters. The van der Waals surface area contributed by atoms with Crippen molar-refractivity contribution in [2.75, 3.05) is 13.6 Å². The van der Waals surface area contributed by atoms with Crippen LogP contribution in [-0.4, -0.2) is 37.2 Å². The van der Waals surface area contributed by atoms with Crippen LogP contribution in [-0.2, 0) is 14.4 Å². The Kier molecular flexibility index (Phi) is 8.82. The maximum Gasteiger partial charge on any atom is 0.221 e. The molecule has 0 bridgehead atoms. The van der Waals surface area contributed by atoms with E-state index >= 15 is 0 Å². The molecule has 0 radical (unpaired) electrons. The van der Waals surface area contributed by atoms with Crippen LogP contribution in [0.2, 0.25) is 0 Å². The van der Waals surface area contributed by atoms with Crippen molar-refractivity contribution < 1.29 is 14.4 Å². The maximum absolute atomic E-state index is 11.5. The third-order valence-corrected chi connectivity index (χ3v) is 2.63. The van der Waals surface area contributed by atoms with Gasteiger partial charge in [0.2, 0.25) is 11.8 Å². The van der Waals surface area contributed by atoms with E-state index in [1.54, 1.807) is 0 Å². The van der Waals surface area contributed by atoms with Gasteiger partial charge in [-0.25, -0.2) is 0 Å². The van der Waals surface area contributed by atoms with E-state index < -0.39 is 6.04 Å². The van der Waals surface area contributed by atoms with Crippen LogP contribution in [0.15, 0.2) is 0 Å². The Bertz CT molecular complexity index is 292. The molecule has 0 aliphatic rings. The fourth-order valence-corrected chi connectivity index (χ4v) is 1.49. The molecule has 0 aromatic rings. The van der Waals surface area contributed by atoms with Crippen LogP contribution >= 0.6 is 0 Å². The van der Waals surface area contributed by atoms with Crippen molar-refractivity contribution >= 4 is 17.6 Å². The van der Waals surface area contributed by atoms with Crippen LogP contribution < -0.4 is 16.4 Å². The Morgan fingerprint density at radius 1 is 1.11 bits per heavy atom. The number of ketones is 1. The molecule has 18 heavy (non-hydrogen) atoms. The van der Waals surface area contributed by atoms with Crippen molar-refractivity contribution in [1.82, 2.24) is 10.6 Å². The van der Waals surface area contributed by atoms with Gasteiger partial charge in [-0.05, 0) is 32.7 Å². The van der Waals surface area contributed by atoms with E-state index in [9.17, 15) is 14.4 Å². The molecule has 0 saturated heterocycles. The van der Waals surface area contributed by atoms with Gasteiger partial charge in [-0.2, -0.15) is 0 Å². The summed E-state index contributed by atoms with van der Waals surface area (Å²) in [5, 5.41) is 5.08. The smallest absolute Gasteiger partial charge is 0.221 e. The average Bonchev–Trinajstić information content (AvgIpc) is 2.34. The van der Waals surface area contributed by atoms with Crippen LogP contribution in [0, 0.1) is 0 Å². The zero-order valence-corrected chi connectivity index (χ0v) is 11.1. The summed E-state index contributed by atoms with van der Waals surface area (Å²) in [6.45, 7) is 2.03. The minimum atomic E-state index is -0.464. The molecule has 104 valence electrons. The highest BCUT2D eigenvalue weighted by Crippen LogP contribution is 2.02. The lowest BCUT2D eigenvalue weighted by Gasteiger charge is -2.15. The Labute approximate surface area is 108 Å². The highest BCUT2D eigenvalue weighted by molar-refractivity contribution is 5.89. The fraction of sp³-hybridized carbons (Fsp3) is 0.750. The second-order valence-electron chi connectivity index (χ2n) is 4.19. The molecular formula is C12H23N3O3. The first-order valence-corrected chi connectivity index (χ1v) is 6.21. The lowest BCUT2D eigenvalue weighted by molar-refractivity contribution is -0.128. The number of unbranched alkanes of at least 4 members (excludes halogenated alkanes) is 1. The van der Waals surface area contributed by atoms with Crippen molar-refractivity contribution in [3.05, 3.63) is 0 Å². The Hall–Kier alpha value is -1.43. The van der Waals surface area contributed by atoms with Crippen LogP contribution in [0.3, 0.4) is 0 Å². The molecule has 0 aromatic carbocycles. The van der Waals surface area contributed by atoms with Crippen LogP contribution in [0.4, 0.5) is 0 Å². The number of amides is 2. The van der Waals surface area contributed by atoms with E-state index in [4.69, 9.17) is 5.73 Å². The largest absolute Gasteiger partial charge is 0.359 e. The summed E-state index contributed by atoms with van der Waals surface area (Å²) in [4.78, 5) is 33.9. The lowest BCUT2D eigenvalue weighted by Crippen LogP contribution is -2.40. The fourth-order valence-electron chi connectivity index (χ4n) is 1.49. The number of rotatable bonds is 9. The topological polar surface area (TPSA) is 101 Å². The number of hydrogen-bond donors (Lipinski definition) is 3. The number of carbonyl (C=O) groups is 3. The van der Waals surface area contributed by atoms with Crippen molar-refractivity contribution in [2.24, 2.45) is 5.73 Å². The minimum absolute atomic E-state index is 0.0692. The van der Waals surface area contributed by atoms with Crippen LogP contribution in [0.1, 0.15) is 39.0 Å². The molecule has 0 aliphatic carbocycles.